The van der Waals surface area contributed by atoms with Crippen LogP contribution in [0.2, 0.25) is 0 Å². The maximum atomic E-state index is 13.7. The van der Waals surface area contributed by atoms with Crippen molar-refractivity contribution in [2.24, 2.45) is 0 Å². The average molecular weight is 598 g/mol. The van der Waals surface area contributed by atoms with Crippen molar-refractivity contribution in [2.75, 3.05) is 20.3 Å². The van der Waals surface area contributed by atoms with Crippen molar-refractivity contribution < 1.29 is 33.4 Å². The number of hydrogen-bond donors (Lipinski definition) is 1. The zero-order valence-corrected chi connectivity index (χ0v) is 24.6. The second-order valence-corrected chi connectivity index (χ2v) is 11.3. The van der Waals surface area contributed by atoms with Crippen molar-refractivity contribution in [3.05, 3.63) is 89.0 Å². The number of likely N-dealkylation sites (tertiary alicyclic amines) is 1. The molecule has 0 bridgehead atoms. The highest BCUT2D eigenvalue weighted by Gasteiger charge is 2.39. The molecule has 3 aromatic carbocycles. The van der Waals surface area contributed by atoms with Crippen molar-refractivity contribution in [3.8, 4) is 17.2 Å². The van der Waals surface area contributed by atoms with Gasteiger partial charge in [-0.3, -0.25) is 24.5 Å². The van der Waals surface area contributed by atoms with Gasteiger partial charge in [0, 0.05) is 30.6 Å². The van der Waals surface area contributed by atoms with Crippen LogP contribution in [0.1, 0.15) is 63.9 Å². The van der Waals surface area contributed by atoms with Crippen molar-refractivity contribution in [2.45, 2.75) is 57.3 Å². The Morgan fingerprint density at radius 3 is 2.57 bits per heavy atom. The lowest BCUT2D eigenvalue weighted by molar-refractivity contribution is -0.136. The molecule has 3 aliphatic rings. The number of nitrogens with zero attached hydrogens (tertiary/aromatic N) is 2. The first-order chi connectivity index (χ1) is 21.4. The van der Waals surface area contributed by atoms with Crippen LogP contribution in [0, 0.1) is 0 Å². The summed E-state index contributed by atoms with van der Waals surface area (Å²) in [5.74, 6) is 0.591. The Hall–Kier alpha value is -4.86. The molecule has 4 amide bonds. The lowest BCUT2D eigenvalue weighted by Crippen LogP contribution is -2.52. The van der Waals surface area contributed by atoms with E-state index in [9.17, 15) is 19.2 Å². The monoisotopic (exact) mass is 597 g/mol. The molecule has 2 unspecified atom stereocenters. The van der Waals surface area contributed by atoms with Gasteiger partial charge in [0.05, 0.1) is 13.2 Å². The second kappa shape index (κ2) is 12.8. The highest BCUT2D eigenvalue weighted by Crippen LogP contribution is 2.32. The predicted molar refractivity (Wildman–Crippen MR) is 160 cm³/mol. The van der Waals surface area contributed by atoms with E-state index in [1.54, 1.807) is 37.4 Å². The van der Waals surface area contributed by atoms with Crippen LogP contribution in [0.5, 0.6) is 17.2 Å². The number of carbonyl (C=O) groups is 4. The molecule has 3 aliphatic heterocycles. The van der Waals surface area contributed by atoms with E-state index in [0.29, 0.717) is 54.6 Å². The Bertz CT molecular complexity index is 1570. The Labute approximate surface area is 255 Å². The van der Waals surface area contributed by atoms with E-state index >= 15 is 0 Å². The minimum absolute atomic E-state index is 0.0926. The number of rotatable bonds is 9. The van der Waals surface area contributed by atoms with Gasteiger partial charge >= 0.3 is 0 Å². The number of fused-ring (bicyclic) bond motifs is 1. The molecule has 10 nitrogen and oxygen atoms in total. The molecule has 228 valence electrons. The van der Waals surface area contributed by atoms with Gasteiger partial charge in [-0.1, -0.05) is 30.3 Å². The molecule has 1 N–H and O–H groups in total. The molecule has 6 rings (SSSR count). The van der Waals surface area contributed by atoms with Gasteiger partial charge in [-0.05, 0) is 73.2 Å². The largest absolute Gasteiger partial charge is 0.493 e. The molecule has 2 fully saturated rings. The summed E-state index contributed by atoms with van der Waals surface area (Å²) < 4.78 is 17.7. The third-order valence-electron chi connectivity index (χ3n) is 8.47. The maximum absolute atomic E-state index is 13.7. The standard InChI is InChI=1S/C34H35N3O7/c1-42-29-14-10-23(18-30(29)44-20-22-7-3-2-4-8-22)33(40)36-16-6-5-9-25(36)21-43-26-11-12-27-24(17-26)19-37(34(27)41)28-13-15-31(38)35-32(28)39/h2-4,7-8,10-12,14,17-18,25,28H,5-6,9,13,15-16,19-21H2,1H3,(H,35,38,39). The Kier molecular flexibility index (Phi) is 8.49. The number of methoxy groups -OCH3 is 1. The van der Waals surface area contributed by atoms with E-state index in [4.69, 9.17) is 14.2 Å². The number of nitrogens with one attached hydrogen (secondary N) is 1. The summed E-state index contributed by atoms with van der Waals surface area (Å²) in [5, 5.41) is 2.33. The normalized spacial score (nSPS) is 19.8. The summed E-state index contributed by atoms with van der Waals surface area (Å²) in [5.41, 5.74) is 2.83. The van der Waals surface area contributed by atoms with Crippen LogP contribution < -0.4 is 19.5 Å². The minimum Gasteiger partial charge on any atom is -0.493 e. The van der Waals surface area contributed by atoms with Crippen molar-refractivity contribution >= 4 is 23.6 Å². The molecule has 0 spiro atoms. The lowest BCUT2D eigenvalue weighted by Gasteiger charge is -2.35. The van der Waals surface area contributed by atoms with Gasteiger partial charge in [0.15, 0.2) is 11.5 Å². The number of benzene rings is 3. The second-order valence-electron chi connectivity index (χ2n) is 11.3. The van der Waals surface area contributed by atoms with E-state index in [1.165, 1.54) is 4.90 Å². The first-order valence-corrected chi connectivity index (χ1v) is 15.0. The van der Waals surface area contributed by atoms with Crippen LogP contribution in [0.25, 0.3) is 0 Å². The zero-order chi connectivity index (χ0) is 30.6. The van der Waals surface area contributed by atoms with Crippen LogP contribution in [0.4, 0.5) is 0 Å². The van der Waals surface area contributed by atoms with Crippen LogP contribution in [-0.2, 0) is 22.7 Å². The number of imide groups is 1. The summed E-state index contributed by atoms with van der Waals surface area (Å²) in [6.45, 7) is 1.56. The van der Waals surface area contributed by atoms with Gasteiger partial charge in [0.25, 0.3) is 11.8 Å². The van der Waals surface area contributed by atoms with Gasteiger partial charge in [0.2, 0.25) is 11.8 Å². The fourth-order valence-corrected chi connectivity index (χ4v) is 6.10. The first kappa shape index (κ1) is 29.2. The number of amides is 4. The molecule has 3 aromatic rings. The predicted octanol–water partition coefficient (Wildman–Crippen LogP) is 4.11. The van der Waals surface area contributed by atoms with Gasteiger partial charge in [-0.25, -0.2) is 0 Å². The summed E-state index contributed by atoms with van der Waals surface area (Å²) >= 11 is 0. The van der Waals surface area contributed by atoms with Gasteiger partial charge in [0.1, 0.15) is 25.0 Å². The fourth-order valence-electron chi connectivity index (χ4n) is 6.10. The van der Waals surface area contributed by atoms with Gasteiger partial charge in [-0.15, -0.1) is 0 Å². The summed E-state index contributed by atoms with van der Waals surface area (Å²) in [6.07, 6.45) is 3.23. The third-order valence-corrected chi connectivity index (χ3v) is 8.47. The SMILES string of the molecule is COc1ccc(C(=O)N2CCCCC2COc2ccc3c(c2)CN(C2CCC(=O)NC2=O)C3=O)cc1OCc1ccccc1. The topological polar surface area (TPSA) is 114 Å². The lowest BCUT2D eigenvalue weighted by atomic mass is 10.0. The Balaban J connectivity index is 1.11. The van der Waals surface area contributed by atoms with E-state index in [-0.39, 0.29) is 36.7 Å². The average Bonchev–Trinajstić information content (AvgIpc) is 3.37. The number of ether oxygens (including phenoxy) is 3. The Morgan fingerprint density at radius 1 is 0.932 bits per heavy atom. The van der Waals surface area contributed by atoms with Gasteiger partial charge in [-0.2, -0.15) is 0 Å². The molecule has 10 heteroatoms. The maximum Gasteiger partial charge on any atom is 0.255 e. The fraction of sp³-hybridized carbons (Fsp3) is 0.353. The Morgan fingerprint density at radius 2 is 1.77 bits per heavy atom. The van der Waals surface area contributed by atoms with Gasteiger partial charge < -0.3 is 24.0 Å². The molecule has 3 heterocycles. The summed E-state index contributed by atoms with van der Waals surface area (Å²) in [4.78, 5) is 54.1. The molecule has 2 atom stereocenters. The summed E-state index contributed by atoms with van der Waals surface area (Å²) in [6, 6.07) is 19.6. The third kappa shape index (κ3) is 6.10. The quantitative estimate of drug-likeness (QED) is 0.369. The van der Waals surface area contributed by atoms with Crippen molar-refractivity contribution in [1.82, 2.24) is 15.1 Å². The molecule has 0 radical (unpaired) electrons. The van der Waals surface area contributed by atoms with E-state index in [0.717, 1.165) is 30.4 Å². The number of piperidine rings is 2. The number of carbonyl (C=O) groups excluding carboxylic acids is 4. The molecular weight excluding hydrogens is 562 g/mol. The minimum atomic E-state index is -0.666. The molecule has 2 saturated heterocycles. The van der Waals surface area contributed by atoms with Crippen molar-refractivity contribution in [3.63, 3.8) is 0 Å². The first-order valence-electron chi connectivity index (χ1n) is 15.0. The molecule has 0 aromatic heterocycles. The van der Waals surface area contributed by atoms with Crippen molar-refractivity contribution in [1.29, 1.82) is 0 Å². The molecule has 0 saturated carbocycles. The van der Waals surface area contributed by atoms with Crippen LogP contribution in [0.3, 0.4) is 0 Å². The highest BCUT2D eigenvalue weighted by molar-refractivity contribution is 6.05. The smallest absolute Gasteiger partial charge is 0.255 e. The van der Waals surface area contributed by atoms with E-state index in [2.05, 4.69) is 5.32 Å². The summed E-state index contributed by atoms with van der Waals surface area (Å²) in [7, 11) is 1.57. The number of hydrogen-bond acceptors (Lipinski definition) is 7. The molecule has 44 heavy (non-hydrogen) atoms. The molecular formula is C34H35N3O7. The molecule has 0 aliphatic carbocycles. The van der Waals surface area contributed by atoms with E-state index < -0.39 is 11.9 Å². The van der Waals surface area contributed by atoms with Crippen LogP contribution in [-0.4, -0.2) is 65.8 Å². The zero-order valence-electron chi connectivity index (χ0n) is 24.6. The van der Waals surface area contributed by atoms with Crippen LogP contribution >= 0.6 is 0 Å². The van der Waals surface area contributed by atoms with Crippen LogP contribution in [0.15, 0.2) is 66.7 Å². The van der Waals surface area contributed by atoms with E-state index in [1.807, 2.05) is 41.3 Å². The highest BCUT2D eigenvalue weighted by atomic mass is 16.5.